The largest absolute Gasteiger partial charge is 0.496 e. The van der Waals surface area contributed by atoms with E-state index in [4.69, 9.17) is 18.9 Å². The molecule has 0 saturated heterocycles. The average molecular weight is 379 g/mol. The van der Waals surface area contributed by atoms with Gasteiger partial charge in [0, 0.05) is 19.3 Å². The Morgan fingerprint density at radius 2 is 1.74 bits per heavy atom. The summed E-state index contributed by atoms with van der Waals surface area (Å²) < 4.78 is 21.9. The molecule has 1 aromatic carbocycles. The molecule has 0 spiro atoms. The van der Waals surface area contributed by atoms with Crippen molar-refractivity contribution in [3.05, 3.63) is 35.9 Å². The number of hydrogen-bond acceptors (Lipinski definition) is 4. The first-order chi connectivity index (χ1) is 13.1. The van der Waals surface area contributed by atoms with Crippen molar-refractivity contribution in [1.82, 2.24) is 0 Å². The Hall–Kier alpha value is -1.52. The van der Waals surface area contributed by atoms with E-state index in [9.17, 15) is 0 Å². The maximum atomic E-state index is 5.77. The number of ether oxygens (including phenoxy) is 4. The van der Waals surface area contributed by atoms with Gasteiger partial charge in [0.2, 0.25) is 0 Å². The van der Waals surface area contributed by atoms with Crippen LogP contribution >= 0.6 is 0 Å². The average Bonchev–Trinajstić information content (AvgIpc) is 2.67. The van der Waals surface area contributed by atoms with Gasteiger partial charge in [0.25, 0.3) is 0 Å². The van der Waals surface area contributed by atoms with Crippen molar-refractivity contribution >= 4 is 0 Å². The predicted molar refractivity (Wildman–Crippen MR) is 112 cm³/mol. The van der Waals surface area contributed by atoms with E-state index in [0.29, 0.717) is 25.2 Å². The number of methoxy groups -OCH3 is 3. The molecular formula is C23H38O4. The van der Waals surface area contributed by atoms with E-state index >= 15 is 0 Å². The van der Waals surface area contributed by atoms with Crippen molar-refractivity contribution in [2.24, 2.45) is 5.92 Å². The molecule has 0 aliphatic heterocycles. The Morgan fingerprint density at radius 3 is 2.26 bits per heavy atom. The summed E-state index contributed by atoms with van der Waals surface area (Å²) in [6.45, 7) is 9.47. The Morgan fingerprint density at radius 1 is 1.07 bits per heavy atom. The maximum absolute atomic E-state index is 5.77. The summed E-state index contributed by atoms with van der Waals surface area (Å²) in [5, 5.41) is 0. The molecule has 2 atom stereocenters. The number of rotatable bonds is 15. The summed E-state index contributed by atoms with van der Waals surface area (Å²) in [5.41, 5.74) is 2.41. The lowest BCUT2D eigenvalue weighted by Crippen LogP contribution is -2.09. The minimum atomic E-state index is 0.353. The van der Waals surface area contributed by atoms with Gasteiger partial charge in [-0.3, -0.25) is 0 Å². The molecule has 1 aromatic rings. The Labute approximate surface area is 165 Å². The summed E-state index contributed by atoms with van der Waals surface area (Å²) in [6, 6.07) is 4.35. The quantitative estimate of drug-likeness (QED) is 0.221. The maximum Gasteiger partial charge on any atom is 0.146 e. The van der Waals surface area contributed by atoms with Gasteiger partial charge in [-0.1, -0.05) is 32.8 Å². The van der Waals surface area contributed by atoms with Crippen LogP contribution in [0.3, 0.4) is 0 Å². The van der Waals surface area contributed by atoms with Crippen molar-refractivity contribution in [3.63, 3.8) is 0 Å². The molecule has 4 nitrogen and oxygen atoms in total. The lowest BCUT2D eigenvalue weighted by Gasteiger charge is -2.23. The summed E-state index contributed by atoms with van der Waals surface area (Å²) in [7, 11) is 5.13. The van der Waals surface area contributed by atoms with Crippen molar-refractivity contribution in [2.75, 3.05) is 34.7 Å². The molecule has 0 aliphatic rings. The lowest BCUT2D eigenvalue weighted by atomic mass is 9.87. The number of benzene rings is 1. The number of allylic oxidation sites excluding steroid dienone is 1. The summed E-state index contributed by atoms with van der Waals surface area (Å²) in [4.78, 5) is 0. The van der Waals surface area contributed by atoms with E-state index in [-0.39, 0.29) is 0 Å². The van der Waals surface area contributed by atoms with Crippen LogP contribution in [0.5, 0.6) is 11.5 Å². The molecule has 0 bridgehead atoms. The van der Waals surface area contributed by atoms with E-state index in [2.05, 4.69) is 32.6 Å². The standard InChI is InChI=1S/C23H38O4/c1-7-9-11-20(10-8-2)23-21(25-5)15-19(16-22(23)26-6)14-18(3)12-13-27-17-24-4/h8,15-16,18,20H,2,7,9-14,17H2,1,3-6H3/t18-,20-/m1/s1. The van der Waals surface area contributed by atoms with E-state index in [1.807, 2.05) is 6.08 Å². The third kappa shape index (κ3) is 7.94. The third-order valence-corrected chi connectivity index (χ3v) is 4.91. The van der Waals surface area contributed by atoms with Crippen LogP contribution in [-0.2, 0) is 15.9 Å². The highest BCUT2D eigenvalue weighted by Crippen LogP contribution is 2.41. The molecule has 0 amide bonds. The lowest BCUT2D eigenvalue weighted by molar-refractivity contribution is -0.0339. The van der Waals surface area contributed by atoms with Crippen molar-refractivity contribution in [3.8, 4) is 11.5 Å². The van der Waals surface area contributed by atoms with Crippen LogP contribution in [0, 0.1) is 5.92 Å². The molecule has 0 aliphatic carbocycles. The molecule has 1 rings (SSSR count). The SMILES string of the molecule is C=CC[C@H](CCCC)c1c(OC)cc(C[C@H](C)CCOCOC)cc1OC. The van der Waals surface area contributed by atoms with Gasteiger partial charge in [0.15, 0.2) is 0 Å². The van der Waals surface area contributed by atoms with Gasteiger partial charge >= 0.3 is 0 Å². The first-order valence-corrected chi connectivity index (χ1v) is 10.0. The van der Waals surface area contributed by atoms with Gasteiger partial charge in [0.05, 0.1) is 14.2 Å². The number of hydrogen-bond donors (Lipinski definition) is 0. The van der Waals surface area contributed by atoms with Crippen LogP contribution in [0.1, 0.15) is 63.0 Å². The molecule has 0 heterocycles. The molecule has 0 N–H and O–H groups in total. The molecule has 0 unspecified atom stereocenters. The first-order valence-electron chi connectivity index (χ1n) is 10.0. The predicted octanol–water partition coefficient (Wildman–Crippen LogP) is 5.74. The molecule has 154 valence electrons. The topological polar surface area (TPSA) is 36.9 Å². The van der Waals surface area contributed by atoms with Crippen LogP contribution in [-0.4, -0.2) is 34.7 Å². The fraction of sp³-hybridized carbons (Fsp3) is 0.652. The van der Waals surface area contributed by atoms with Crippen LogP contribution in [0.15, 0.2) is 24.8 Å². The molecule has 0 fully saturated rings. The molecule has 0 radical (unpaired) electrons. The van der Waals surface area contributed by atoms with Crippen molar-refractivity contribution in [2.45, 2.75) is 58.3 Å². The normalized spacial score (nSPS) is 13.2. The smallest absolute Gasteiger partial charge is 0.146 e. The summed E-state index contributed by atoms with van der Waals surface area (Å²) in [5.74, 6) is 2.73. The first kappa shape index (κ1) is 23.5. The third-order valence-electron chi connectivity index (χ3n) is 4.91. The monoisotopic (exact) mass is 378 g/mol. The van der Waals surface area contributed by atoms with E-state index < -0.39 is 0 Å². The van der Waals surface area contributed by atoms with Crippen molar-refractivity contribution < 1.29 is 18.9 Å². The van der Waals surface area contributed by atoms with E-state index in [1.54, 1.807) is 21.3 Å². The zero-order chi connectivity index (χ0) is 20.1. The van der Waals surface area contributed by atoms with Gasteiger partial charge in [-0.05, 0) is 55.2 Å². The van der Waals surface area contributed by atoms with Crippen LogP contribution in [0.25, 0.3) is 0 Å². The van der Waals surface area contributed by atoms with Gasteiger partial charge in [-0.2, -0.15) is 0 Å². The van der Waals surface area contributed by atoms with Gasteiger partial charge in [-0.15, -0.1) is 6.58 Å². The highest BCUT2D eigenvalue weighted by atomic mass is 16.7. The molecule has 0 saturated carbocycles. The van der Waals surface area contributed by atoms with Gasteiger partial charge < -0.3 is 18.9 Å². The zero-order valence-corrected chi connectivity index (χ0v) is 17.9. The van der Waals surface area contributed by atoms with Crippen molar-refractivity contribution in [1.29, 1.82) is 0 Å². The fourth-order valence-electron chi connectivity index (χ4n) is 3.48. The van der Waals surface area contributed by atoms with Gasteiger partial charge in [0.1, 0.15) is 18.3 Å². The molecular weight excluding hydrogens is 340 g/mol. The van der Waals surface area contributed by atoms with Crippen LogP contribution in [0.2, 0.25) is 0 Å². The number of unbranched alkanes of at least 4 members (excludes halogenated alkanes) is 1. The Balaban J connectivity index is 2.99. The molecule has 4 heteroatoms. The summed E-state index contributed by atoms with van der Waals surface area (Å²) >= 11 is 0. The zero-order valence-electron chi connectivity index (χ0n) is 17.9. The van der Waals surface area contributed by atoms with Gasteiger partial charge in [-0.25, -0.2) is 0 Å². The second kappa shape index (κ2) is 13.6. The van der Waals surface area contributed by atoms with E-state index in [0.717, 1.165) is 37.2 Å². The van der Waals surface area contributed by atoms with Crippen LogP contribution in [0.4, 0.5) is 0 Å². The van der Waals surface area contributed by atoms with Crippen LogP contribution < -0.4 is 9.47 Å². The fourth-order valence-corrected chi connectivity index (χ4v) is 3.48. The Kier molecular flexibility index (Phi) is 11.9. The minimum Gasteiger partial charge on any atom is -0.496 e. The second-order valence-electron chi connectivity index (χ2n) is 7.19. The molecule has 27 heavy (non-hydrogen) atoms. The highest BCUT2D eigenvalue weighted by molar-refractivity contribution is 5.50. The highest BCUT2D eigenvalue weighted by Gasteiger charge is 2.21. The minimum absolute atomic E-state index is 0.353. The molecule has 0 aromatic heterocycles. The summed E-state index contributed by atoms with van der Waals surface area (Å²) in [6.07, 6.45) is 8.36. The van der Waals surface area contributed by atoms with E-state index in [1.165, 1.54) is 24.0 Å². The second-order valence-corrected chi connectivity index (χ2v) is 7.19. The Bertz CT molecular complexity index is 516.